The van der Waals surface area contributed by atoms with Crippen molar-refractivity contribution in [2.75, 3.05) is 16.8 Å². The van der Waals surface area contributed by atoms with Gasteiger partial charge in [0.05, 0.1) is 12.2 Å². The maximum absolute atomic E-state index is 12.8. The molecule has 1 aliphatic heterocycles. The van der Waals surface area contributed by atoms with E-state index >= 15 is 0 Å². The van der Waals surface area contributed by atoms with Crippen molar-refractivity contribution in [3.8, 4) is 5.75 Å². The van der Waals surface area contributed by atoms with E-state index in [0.29, 0.717) is 11.4 Å². The Kier molecular flexibility index (Phi) is 4.49. The summed E-state index contributed by atoms with van der Waals surface area (Å²) in [6, 6.07) is 11.3. The Morgan fingerprint density at radius 3 is 2.40 bits per heavy atom. The van der Waals surface area contributed by atoms with E-state index in [9.17, 15) is 9.59 Å². The van der Waals surface area contributed by atoms with Gasteiger partial charge >= 0.3 is 0 Å². The number of nitrogens with one attached hydrogen (secondary N) is 1. The third kappa shape index (κ3) is 3.36. The molecule has 0 bridgehead atoms. The van der Waals surface area contributed by atoms with E-state index in [1.165, 1.54) is 6.92 Å². The van der Waals surface area contributed by atoms with Gasteiger partial charge in [-0.15, -0.1) is 0 Å². The van der Waals surface area contributed by atoms with Gasteiger partial charge in [-0.2, -0.15) is 0 Å². The molecule has 1 N–H and O–H groups in total. The van der Waals surface area contributed by atoms with Gasteiger partial charge < -0.3 is 15.0 Å². The standard InChI is InChI=1S/C20H22N2O3/c1-12-9-13(2)19(14(3)10-12)21-20(24)18-11-22(15(4)23)16-7-5-6-8-17(16)25-18/h5-10,18H,11H2,1-4H3,(H,21,24)/t18-/m0/s1. The van der Waals surface area contributed by atoms with Crippen LogP contribution in [0.5, 0.6) is 5.75 Å². The molecule has 0 saturated heterocycles. The molecule has 5 nitrogen and oxygen atoms in total. The predicted octanol–water partition coefficient (Wildman–Crippen LogP) is 3.36. The number of anilines is 2. The monoisotopic (exact) mass is 338 g/mol. The highest BCUT2D eigenvalue weighted by atomic mass is 16.5. The van der Waals surface area contributed by atoms with Crippen molar-refractivity contribution in [1.82, 2.24) is 0 Å². The zero-order valence-electron chi connectivity index (χ0n) is 14.9. The summed E-state index contributed by atoms with van der Waals surface area (Å²) in [5.41, 5.74) is 4.66. The summed E-state index contributed by atoms with van der Waals surface area (Å²) in [7, 11) is 0. The molecule has 0 saturated carbocycles. The number of carbonyl (C=O) groups is 2. The Morgan fingerprint density at radius 2 is 1.76 bits per heavy atom. The van der Waals surface area contributed by atoms with Crippen LogP contribution in [0.3, 0.4) is 0 Å². The summed E-state index contributed by atoms with van der Waals surface area (Å²) < 4.78 is 5.84. The van der Waals surface area contributed by atoms with E-state index in [2.05, 4.69) is 5.32 Å². The molecule has 3 rings (SSSR count). The number of amides is 2. The summed E-state index contributed by atoms with van der Waals surface area (Å²) in [6.07, 6.45) is -0.751. The normalized spacial score (nSPS) is 16.0. The average Bonchev–Trinajstić information content (AvgIpc) is 2.56. The fraction of sp³-hybridized carbons (Fsp3) is 0.300. The Balaban J connectivity index is 1.86. The lowest BCUT2D eigenvalue weighted by atomic mass is 10.0. The Bertz CT molecular complexity index is 822. The zero-order chi connectivity index (χ0) is 18.1. The van der Waals surface area contributed by atoms with Crippen molar-refractivity contribution in [2.45, 2.75) is 33.8 Å². The predicted molar refractivity (Wildman–Crippen MR) is 98.2 cm³/mol. The van der Waals surface area contributed by atoms with Gasteiger partial charge in [-0.05, 0) is 44.0 Å². The van der Waals surface area contributed by atoms with Gasteiger partial charge in [-0.25, -0.2) is 0 Å². The second kappa shape index (κ2) is 6.59. The molecule has 0 unspecified atom stereocenters. The molecular weight excluding hydrogens is 316 g/mol. The molecule has 0 fully saturated rings. The molecule has 5 heteroatoms. The summed E-state index contributed by atoms with van der Waals surface area (Å²) in [6.45, 7) is 7.65. The first-order valence-corrected chi connectivity index (χ1v) is 8.29. The van der Waals surface area contributed by atoms with E-state index in [-0.39, 0.29) is 18.4 Å². The smallest absolute Gasteiger partial charge is 0.267 e. The van der Waals surface area contributed by atoms with Gasteiger partial charge in [0, 0.05) is 12.6 Å². The van der Waals surface area contributed by atoms with E-state index < -0.39 is 6.10 Å². The van der Waals surface area contributed by atoms with Crippen LogP contribution in [0.25, 0.3) is 0 Å². The molecule has 2 amide bonds. The zero-order valence-corrected chi connectivity index (χ0v) is 14.9. The summed E-state index contributed by atoms with van der Waals surface area (Å²) >= 11 is 0. The third-order valence-electron chi connectivity index (χ3n) is 4.37. The largest absolute Gasteiger partial charge is 0.476 e. The lowest BCUT2D eigenvalue weighted by Gasteiger charge is -2.33. The number of nitrogens with zero attached hydrogens (tertiary/aromatic N) is 1. The first kappa shape index (κ1) is 17.0. The SMILES string of the molecule is CC(=O)N1C[C@@H](C(=O)Nc2c(C)cc(C)cc2C)Oc2ccccc21. The molecule has 0 radical (unpaired) electrons. The molecule has 2 aromatic carbocycles. The van der Waals surface area contributed by atoms with Crippen LogP contribution >= 0.6 is 0 Å². The number of aryl methyl sites for hydroxylation is 3. The molecular formula is C20H22N2O3. The summed E-state index contributed by atoms with van der Waals surface area (Å²) in [5, 5.41) is 2.96. The van der Waals surface area contributed by atoms with E-state index in [1.54, 1.807) is 11.0 Å². The number of carbonyl (C=O) groups excluding carboxylic acids is 2. The van der Waals surface area contributed by atoms with Crippen LogP contribution in [0.4, 0.5) is 11.4 Å². The van der Waals surface area contributed by atoms with Crippen molar-refractivity contribution in [3.05, 3.63) is 53.1 Å². The molecule has 130 valence electrons. The number of hydrogen-bond acceptors (Lipinski definition) is 3. The Morgan fingerprint density at radius 1 is 1.12 bits per heavy atom. The fourth-order valence-corrected chi connectivity index (χ4v) is 3.25. The second-order valence-corrected chi connectivity index (χ2v) is 6.47. The van der Waals surface area contributed by atoms with Gasteiger partial charge in [0.1, 0.15) is 5.75 Å². The second-order valence-electron chi connectivity index (χ2n) is 6.47. The molecule has 1 aliphatic rings. The van der Waals surface area contributed by atoms with E-state index in [0.717, 1.165) is 22.4 Å². The first-order valence-electron chi connectivity index (χ1n) is 8.29. The number of fused-ring (bicyclic) bond motifs is 1. The van der Waals surface area contributed by atoms with Crippen LogP contribution in [0, 0.1) is 20.8 Å². The van der Waals surface area contributed by atoms with Gasteiger partial charge in [-0.1, -0.05) is 29.8 Å². The molecule has 0 spiro atoms. The fourth-order valence-electron chi connectivity index (χ4n) is 3.25. The third-order valence-corrected chi connectivity index (χ3v) is 4.37. The molecule has 1 heterocycles. The number of benzene rings is 2. The quantitative estimate of drug-likeness (QED) is 0.913. The molecule has 0 aromatic heterocycles. The highest BCUT2D eigenvalue weighted by Crippen LogP contribution is 2.33. The summed E-state index contributed by atoms with van der Waals surface area (Å²) in [4.78, 5) is 26.3. The minimum absolute atomic E-state index is 0.115. The van der Waals surface area contributed by atoms with Crippen LogP contribution in [0.2, 0.25) is 0 Å². The van der Waals surface area contributed by atoms with Crippen LogP contribution in [0.15, 0.2) is 36.4 Å². The van der Waals surface area contributed by atoms with E-state index in [1.807, 2.05) is 51.1 Å². The van der Waals surface area contributed by atoms with Crippen molar-refractivity contribution in [1.29, 1.82) is 0 Å². The first-order chi connectivity index (χ1) is 11.9. The van der Waals surface area contributed by atoms with Gasteiger partial charge in [0.2, 0.25) is 5.91 Å². The number of rotatable bonds is 2. The van der Waals surface area contributed by atoms with Crippen LogP contribution in [0.1, 0.15) is 23.6 Å². The van der Waals surface area contributed by atoms with Crippen LogP contribution in [-0.2, 0) is 9.59 Å². The minimum atomic E-state index is -0.751. The highest BCUT2D eigenvalue weighted by Gasteiger charge is 2.32. The lowest BCUT2D eigenvalue weighted by molar-refractivity contribution is -0.123. The van der Waals surface area contributed by atoms with Gasteiger partial charge in [0.25, 0.3) is 5.91 Å². The number of ether oxygens (including phenoxy) is 1. The van der Waals surface area contributed by atoms with Crippen molar-refractivity contribution in [3.63, 3.8) is 0 Å². The molecule has 1 atom stereocenters. The number of para-hydroxylation sites is 2. The Labute approximate surface area is 147 Å². The molecule has 2 aromatic rings. The van der Waals surface area contributed by atoms with Crippen LogP contribution < -0.4 is 15.0 Å². The lowest BCUT2D eigenvalue weighted by Crippen LogP contribution is -2.48. The van der Waals surface area contributed by atoms with Crippen molar-refractivity contribution >= 4 is 23.2 Å². The van der Waals surface area contributed by atoms with Gasteiger partial charge in [-0.3, -0.25) is 9.59 Å². The minimum Gasteiger partial charge on any atom is -0.476 e. The number of hydrogen-bond donors (Lipinski definition) is 1. The van der Waals surface area contributed by atoms with Gasteiger partial charge in [0.15, 0.2) is 6.10 Å². The van der Waals surface area contributed by atoms with Crippen LogP contribution in [-0.4, -0.2) is 24.5 Å². The Hall–Kier alpha value is -2.82. The summed E-state index contributed by atoms with van der Waals surface area (Å²) in [5.74, 6) is 0.175. The topological polar surface area (TPSA) is 58.6 Å². The van der Waals surface area contributed by atoms with Crippen molar-refractivity contribution < 1.29 is 14.3 Å². The van der Waals surface area contributed by atoms with E-state index in [4.69, 9.17) is 4.74 Å². The maximum atomic E-state index is 12.8. The highest BCUT2D eigenvalue weighted by molar-refractivity contribution is 6.00. The maximum Gasteiger partial charge on any atom is 0.267 e. The van der Waals surface area contributed by atoms with Crippen molar-refractivity contribution in [2.24, 2.45) is 0 Å². The molecule has 0 aliphatic carbocycles. The molecule has 25 heavy (non-hydrogen) atoms. The average molecular weight is 338 g/mol.